The van der Waals surface area contributed by atoms with Gasteiger partial charge < -0.3 is 20.1 Å². The summed E-state index contributed by atoms with van der Waals surface area (Å²) in [5.74, 6) is 0.516. The zero-order valence-electron chi connectivity index (χ0n) is 8.82. The molecule has 0 aliphatic heterocycles. The molecule has 17 heavy (non-hydrogen) atoms. The van der Waals surface area contributed by atoms with Gasteiger partial charge >= 0.3 is 5.69 Å². The number of fused-ring (bicyclic) bond motifs is 1. The predicted molar refractivity (Wildman–Crippen MR) is 62.4 cm³/mol. The average Bonchev–Trinajstić information content (AvgIpc) is 2.92. The lowest BCUT2D eigenvalue weighted by Crippen LogP contribution is -1.99. The van der Waals surface area contributed by atoms with Crippen LogP contribution in [0.3, 0.4) is 0 Å². The lowest BCUT2D eigenvalue weighted by Gasteiger charge is -1.97. The van der Waals surface area contributed by atoms with E-state index in [2.05, 4.69) is 19.9 Å². The molecule has 0 aliphatic carbocycles. The number of aromatic nitrogens is 4. The Balaban J connectivity index is 2.13. The molecule has 2 heterocycles. The molecule has 0 spiro atoms. The number of aliphatic hydroxyl groups excluding tert-OH is 1. The summed E-state index contributed by atoms with van der Waals surface area (Å²) in [6.45, 7) is -0.122. The van der Waals surface area contributed by atoms with Crippen LogP contribution in [0.5, 0.6) is 0 Å². The minimum Gasteiger partial charge on any atom is -0.388 e. The molecule has 0 unspecified atom stereocenters. The number of benzene rings is 1. The van der Waals surface area contributed by atoms with E-state index >= 15 is 0 Å². The van der Waals surface area contributed by atoms with Crippen molar-refractivity contribution in [2.24, 2.45) is 0 Å². The lowest BCUT2D eigenvalue weighted by atomic mass is 10.1. The van der Waals surface area contributed by atoms with Crippen LogP contribution in [0.25, 0.3) is 22.3 Å². The van der Waals surface area contributed by atoms with Gasteiger partial charge in [-0.05, 0) is 12.1 Å². The van der Waals surface area contributed by atoms with Crippen LogP contribution in [-0.2, 0) is 6.61 Å². The second kappa shape index (κ2) is 3.60. The van der Waals surface area contributed by atoms with Crippen LogP contribution in [-0.4, -0.2) is 25.0 Å². The Bertz CT molecular complexity index is 722. The Kier molecular flexibility index (Phi) is 2.09. The van der Waals surface area contributed by atoms with Gasteiger partial charge in [0.25, 0.3) is 0 Å². The maximum Gasteiger partial charge on any atom is 0.323 e. The molecule has 3 rings (SSSR count). The number of hydrogen-bond acceptors (Lipinski definition) is 3. The molecular weight excluding hydrogens is 220 g/mol. The van der Waals surface area contributed by atoms with Crippen LogP contribution in [0.2, 0.25) is 0 Å². The molecule has 3 aromatic rings. The van der Waals surface area contributed by atoms with E-state index in [1.807, 2.05) is 18.2 Å². The third kappa shape index (κ3) is 1.64. The maximum atomic E-state index is 11.1. The lowest BCUT2D eigenvalue weighted by molar-refractivity contribution is 0.272. The molecule has 0 radical (unpaired) electrons. The third-order valence-corrected chi connectivity index (χ3v) is 2.61. The van der Waals surface area contributed by atoms with Gasteiger partial charge in [0.1, 0.15) is 12.4 Å². The van der Waals surface area contributed by atoms with Crippen LogP contribution in [0.4, 0.5) is 0 Å². The summed E-state index contributed by atoms with van der Waals surface area (Å²) in [6, 6.07) is 5.55. The van der Waals surface area contributed by atoms with Gasteiger partial charge in [-0.3, -0.25) is 0 Å². The average molecular weight is 230 g/mol. The number of aromatic amines is 3. The molecule has 86 valence electrons. The predicted octanol–water partition coefficient (Wildman–Crippen LogP) is 0.739. The summed E-state index contributed by atoms with van der Waals surface area (Å²) >= 11 is 0. The zero-order valence-corrected chi connectivity index (χ0v) is 8.82. The van der Waals surface area contributed by atoms with E-state index < -0.39 is 0 Å². The van der Waals surface area contributed by atoms with E-state index in [1.54, 1.807) is 6.20 Å². The highest BCUT2D eigenvalue weighted by atomic mass is 16.3. The van der Waals surface area contributed by atoms with Crippen LogP contribution in [0.1, 0.15) is 5.82 Å². The molecule has 4 N–H and O–H groups in total. The highest BCUT2D eigenvalue weighted by Gasteiger charge is 2.05. The Morgan fingerprint density at radius 2 is 2.00 bits per heavy atom. The summed E-state index contributed by atoms with van der Waals surface area (Å²) in [5, 5.41) is 8.93. The molecule has 0 amide bonds. The third-order valence-electron chi connectivity index (χ3n) is 2.61. The van der Waals surface area contributed by atoms with Gasteiger partial charge in [-0.2, -0.15) is 0 Å². The molecule has 0 atom stereocenters. The smallest absolute Gasteiger partial charge is 0.323 e. The monoisotopic (exact) mass is 230 g/mol. The highest BCUT2D eigenvalue weighted by Crippen LogP contribution is 2.20. The number of nitrogens with one attached hydrogen (secondary N) is 3. The second-order valence-electron chi connectivity index (χ2n) is 3.74. The topological polar surface area (TPSA) is 97.6 Å². The van der Waals surface area contributed by atoms with Crippen molar-refractivity contribution in [3.8, 4) is 11.3 Å². The Morgan fingerprint density at radius 1 is 1.18 bits per heavy atom. The maximum absolute atomic E-state index is 11.1. The van der Waals surface area contributed by atoms with E-state index in [1.165, 1.54) is 0 Å². The van der Waals surface area contributed by atoms with E-state index in [4.69, 9.17) is 5.11 Å². The van der Waals surface area contributed by atoms with Crippen LogP contribution < -0.4 is 5.69 Å². The minimum atomic E-state index is -0.224. The molecule has 0 fully saturated rings. The second-order valence-corrected chi connectivity index (χ2v) is 3.74. The molecule has 0 saturated carbocycles. The number of imidazole rings is 2. The molecule has 0 aliphatic rings. The van der Waals surface area contributed by atoms with E-state index in [9.17, 15) is 4.79 Å². The van der Waals surface area contributed by atoms with Crippen LogP contribution in [0, 0.1) is 0 Å². The van der Waals surface area contributed by atoms with Crippen molar-refractivity contribution in [1.29, 1.82) is 0 Å². The number of H-pyrrole nitrogens is 3. The van der Waals surface area contributed by atoms with Gasteiger partial charge in [0.05, 0.1) is 22.9 Å². The van der Waals surface area contributed by atoms with E-state index in [0.29, 0.717) is 5.82 Å². The van der Waals surface area contributed by atoms with Gasteiger partial charge in [0.15, 0.2) is 0 Å². The largest absolute Gasteiger partial charge is 0.388 e. The number of hydrogen-bond donors (Lipinski definition) is 4. The standard InChI is InChI=1S/C11H10N4O2/c16-5-10-12-4-9(13-10)6-1-2-7-8(3-6)15-11(17)14-7/h1-4,16H,5H2,(H,12,13)(H2,14,15,17). The molecule has 0 bridgehead atoms. The first kappa shape index (κ1) is 9.86. The highest BCUT2D eigenvalue weighted by molar-refractivity contribution is 5.80. The zero-order chi connectivity index (χ0) is 11.8. The van der Waals surface area contributed by atoms with Crippen LogP contribution in [0.15, 0.2) is 29.2 Å². The molecule has 1 aromatic carbocycles. The van der Waals surface area contributed by atoms with Crippen molar-refractivity contribution in [3.05, 3.63) is 40.7 Å². The summed E-state index contributed by atoms with van der Waals surface area (Å²) in [5.41, 5.74) is 2.99. The van der Waals surface area contributed by atoms with E-state index in [0.717, 1.165) is 22.3 Å². The summed E-state index contributed by atoms with van der Waals surface area (Å²) in [4.78, 5) is 23.5. The first-order valence-corrected chi connectivity index (χ1v) is 5.13. The first-order chi connectivity index (χ1) is 8.26. The van der Waals surface area contributed by atoms with Crippen molar-refractivity contribution in [2.45, 2.75) is 6.61 Å². The summed E-state index contributed by atoms with van der Waals surface area (Å²) < 4.78 is 0. The number of nitrogens with zero attached hydrogens (tertiary/aromatic N) is 1. The first-order valence-electron chi connectivity index (χ1n) is 5.13. The Labute approximate surface area is 95.3 Å². The molecule has 0 saturated heterocycles. The fourth-order valence-electron chi connectivity index (χ4n) is 1.79. The molecule has 2 aromatic heterocycles. The minimum absolute atomic E-state index is 0.122. The molecule has 6 heteroatoms. The van der Waals surface area contributed by atoms with Crippen LogP contribution >= 0.6 is 0 Å². The van der Waals surface area contributed by atoms with Gasteiger partial charge in [0, 0.05) is 5.56 Å². The van der Waals surface area contributed by atoms with Crippen molar-refractivity contribution in [2.75, 3.05) is 0 Å². The van der Waals surface area contributed by atoms with Gasteiger partial charge in [-0.25, -0.2) is 9.78 Å². The molecule has 6 nitrogen and oxygen atoms in total. The summed E-state index contributed by atoms with van der Waals surface area (Å²) in [7, 11) is 0. The van der Waals surface area contributed by atoms with E-state index in [-0.39, 0.29) is 12.3 Å². The van der Waals surface area contributed by atoms with Crippen molar-refractivity contribution in [3.63, 3.8) is 0 Å². The van der Waals surface area contributed by atoms with Gasteiger partial charge in [0.2, 0.25) is 0 Å². The fraction of sp³-hybridized carbons (Fsp3) is 0.0909. The van der Waals surface area contributed by atoms with Gasteiger partial charge in [-0.15, -0.1) is 0 Å². The van der Waals surface area contributed by atoms with Crippen molar-refractivity contribution in [1.82, 2.24) is 19.9 Å². The fourth-order valence-corrected chi connectivity index (χ4v) is 1.79. The SMILES string of the molecule is O=c1[nH]c2ccc(-c3cnc(CO)[nH]3)cc2[nH]1. The Hall–Kier alpha value is -2.34. The summed E-state index contributed by atoms with van der Waals surface area (Å²) in [6.07, 6.45) is 1.65. The molecular formula is C11H10N4O2. The quantitative estimate of drug-likeness (QED) is 0.522. The normalized spacial score (nSPS) is 11.1. The van der Waals surface area contributed by atoms with Gasteiger partial charge in [-0.1, -0.05) is 6.07 Å². The number of aliphatic hydroxyl groups is 1. The van der Waals surface area contributed by atoms with Crippen molar-refractivity contribution >= 4 is 11.0 Å². The Morgan fingerprint density at radius 3 is 2.76 bits per heavy atom. The van der Waals surface area contributed by atoms with Crippen molar-refractivity contribution < 1.29 is 5.11 Å². The number of rotatable bonds is 2.